The first-order valence-electron chi connectivity index (χ1n) is 5.20. The first-order valence-corrected chi connectivity index (χ1v) is 5.65. The summed E-state index contributed by atoms with van der Waals surface area (Å²) in [6, 6.07) is 6.90. The first-order chi connectivity index (χ1) is 8.13. The van der Waals surface area contributed by atoms with Gasteiger partial charge in [-0.25, -0.2) is 5.84 Å². The summed E-state index contributed by atoms with van der Waals surface area (Å²) in [5, 5.41) is 2.71. The van der Waals surface area contributed by atoms with Crippen LogP contribution in [0.25, 0.3) is 0 Å². The molecule has 4 N–H and O–H groups in total. The lowest BCUT2D eigenvalue weighted by atomic mass is 10.2. The molecule has 1 aromatic carbocycles. The van der Waals surface area contributed by atoms with Gasteiger partial charge in [0, 0.05) is 23.4 Å². The maximum absolute atomic E-state index is 11.6. The molecule has 1 rings (SSSR count). The molecule has 0 atom stereocenters. The molecule has 5 nitrogen and oxygen atoms in total. The Hall–Kier alpha value is -1.53. The highest BCUT2D eigenvalue weighted by atomic mass is 32.1. The van der Waals surface area contributed by atoms with E-state index in [0.717, 1.165) is 4.90 Å². The van der Waals surface area contributed by atoms with Crippen molar-refractivity contribution in [3.05, 3.63) is 29.8 Å². The van der Waals surface area contributed by atoms with Crippen LogP contribution in [0.15, 0.2) is 29.2 Å². The fraction of sp³-hybridized carbons (Fsp3) is 0.273. The number of thiol groups is 1. The van der Waals surface area contributed by atoms with Crippen LogP contribution in [0.3, 0.4) is 0 Å². The van der Waals surface area contributed by atoms with Crippen molar-refractivity contribution in [3.63, 3.8) is 0 Å². The lowest BCUT2D eigenvalue weighted by Gasteiger charge is -2.05. The Morgan fingerprint density at radius 2 is 1.88 bits per heavy atom. The van der Waals surface area contributed by atoms with Crippen LogP contribution in [0.1, 0.15) is 23.2 Å². The molecule has 1 aromatic rings. The van der Waals surface area contributed by atoms with E-state index in [1.54, 1.807) is 24.3 Å². The van der Waals surface area contributed by atoms with Crippen LogP contribution < -0.4 is 16.6 Å². The minimum atomic E-state index is -0.237. The van der Waals surface area contributed by atoms with Gasteiger partial charge >= 0.3 is 0 Å². The summed E-state index contributed by atoms with van der Waals surface area (Å²) in [6.07, 6.45) is 0.853. The van der Waals surface area contributed by atoms with Crippen molar-refractivity contribution < 1.29 is 9.59 Å². The van der Waals surface area contributed by atoms with Crippen LogP contribution in [0.5, 0.6) is 0 Å². The fourth-order valence-electron chi connectivity index (χ4n) is 1.24. The number of nitrogens with two attached hydrogens (primary N) is 1. The van der Waals surface area contributed by atoms with E-state index >= 15 is 0 Å². The van der Waals surface area contributed by atoms with Gasteiger partial charge in [-0.05, 0) is 30.7 Å². The van der Waals surface area contributed by atoms with E-state index in [4.69, 9.17) is 5.84 Å². The lowest BCUT2D eigenvalue weighted by molar-refractivity contribution is -0.121. The SMILES string of the molecule is NNC(=O)CCCNC(=O)c1ccc(S)cc1. The molecule has 17 heavy (non-hydrogen) atoms. The maximum atomic E-state index is 11.6. The molecule has 0 aliphatic carbocycles. The lowest BCUT2D eigenvalue weighted by Crippen LogP contribution is -2.31. The Morgan fingerprint density at radius 1 is 1.24 bits per heavy atom. The average Bonchev–Trinajstić information content (AvgIpc) is 2.34. The second kappa shape index (κ2) is 6.93. The molecule has 0 aromatic heterocycles. The summed E-state index contributed by atoms with van der Waals surface area (Å²) in [6.45, 7) is 0.439. The number of carbonyl (C=O) groups excluding carboxylic acids is 2. The van der Waals surface area contributed by atoms with Gasteiger partial charge in [0.25, 0.3) is 5.91 Å². The monoisotopic (exact) mass is 253 g/mol. The van der Waals surface area contributed by atoms with Gasteiger partial charge in [0.15, 0.2) is 0 Å². The fourth-order valence-corrected chi connectivity index (χ4v) is 1.39. The number of hydrogen-bond acceptors (Lipinski definition) is 4. The van der Waals surface area contributed by atoms with Crippen molar-refractivity contribution >= 4 is 24.4 Å². The number of rotatable bonds is 5. The van der Waals surface area contributed by atoms with Crippen LogP contribution in [0.4, 0.5) is 0 Å². The minimum absolute atomic E-state index is 0.161. The van der Waals surface area contributed by atoms with E-state index in [0.29, 0.717) is 24.9 Å². The number of hydrogen-bond donors (Lipinski definition) is 4. The quantitative estimate of drug-likeness (QED) is 0.202. The van der Waals surface area contributed by atoms with E-state index in [9.17, 15) is 9.59 Å². The molecule has 0 aliphatic rings. The van der Waals surface area contributed by atoms with Crippen LogP contribution in [0, 0.1) is 0 Å². The van der Waals surface area contributed by atoms with Gasteiger partial charge in [-0.1, -0.05) is 0 Å². The van der Waals surface area contributed by atoms with E-state index in [2.05, 4.69) is 17.9 Å². The number of benzene rings is 1. The molecule has 0 heterocycles. The van der Waals surface area contributed by atoms with Crippen LogP contribution in [0.2, 0.25) is 0 Å². The third-order valence-electron chi connectivity index (χ3n) is 2.16. The molecule has 0 saturated heterocycles. The van der Waals surface area contributed by atoms with Gasteiger partial charge in [-0.2, -0.15) is 0 Å². The molecule has 2 amide bonds. The standard InChI is InChI=1S/C11H15N3O2S/c12-14-10(15)2-1-7-13-11(16)8-3-5-9(17)6-4-8/h3-6,17H,1-2,7,12H2,(H,13,16)(H,14,15). The van der Waals surface area contributed by atoms with E-state index in [-0.39, 0.29) is 11.8 Å². The highest BCUT2D eigenvalue weighted by Gasteiger charge is 2.04. The third kappa shape index (κ3) is 4.88. The molecule has 0 fully saturated rings. The predicted octanol–water partition coefficient (Wildman–Crippen LogP) is 0.475. The molecule has 0 unspecified atom stereocenters. The summed E-state index contributed by atoms with van der Waals surface area (Å²) in [7, 11) is 0. The largest absolute Gasteiger partial charge is 0.352 e. The highest BCUT2D eigenvalue weighted by Crippen LogP contribution is 2.07. The Balaban J connectivity index is 2.30. The summed E-state index contributed by atoms with van der Waals surface area (Å²) < 4.78 is 0. The Morgan fingerprint density at radius 3 is 2.47 bits per heavy atom. The molecule has 0 spiro atoms. The maximum Gasteiger partial charge on any atom is 0.251 e. The topological polar surface area (TPSA) is 84.2 Å². The van der Waals surface area contributed by atoms with Crippen molar-refractivity contribution in [2.24, 2.45) is 5.84 Å². The van der Waals surface area contributed by atoms with E-state index < -0.39 is 0 Å². The summed E-state index contributed by atoms with van der Waals surface area (Å²) in [4.78, 5) is 23.2. The van der Waals surface area contributed by atoms with Crippen LogP contribution in [-0.2, 0) is 4.79 Å². The van der Waals surface area contributed by atoms with Crippen molar-refractivity contribution in [2.75, 3.05) is 6.54 Å². The number of amides is 2. The van der Waals surface area contributed by atoms with Crippen molar-refractivity contribution in [1.29, 1.82) is 0 Å². The molecule has 0 saturated carbocycles. The number of nitrogens with one attached hydrogen (secondary N) is 2. The summed E-state index contributed by atoms with van der Waals surface area (Å²) in [5.41, 5.74) is 2.61. The molecule has 92 valence electrons. The van der Waals surface area contributed by atoms with Gasteiger partial charge in [-0.3, -0.25) is 15.0 Å². The molecular formula is C11H15N3O2S. The van der Waals surface area contributed by atoms with Gasteiger partial charge in [-0.15, -0.1) is 12.6 Å². The Bertz CT molecular complexity index is 392. The van der Waals surface area contributed by atoms with E-state index in [1.165, 1.54) is 0 Å². The molecule has 0 aliphatic heterocycles. The number of hydrazine groups is 1. The first kappa shape index (κ1) is 13.5. The minimum Gasteiger partial charge on any atom is -0.352 e. The molecule has 0 radical (unpaired) electrons. The average molecular weight is 253 g/mol. The summed E-state index contributed by atoms with van der Waals surface area (Å²) in [5.74, 6) is 4.53. The smallest absolute Gasteiger partial charge is 0.251 e. The van der Waals surface area contributed by atoms with Crippen molar-refractivity contribution in [2.45, 2.75) is 17.7 Å². The van der Waals surface area contributed by atoms with Gasteiger partial charge in [0.05, 0.1) is 0 Å². The van der Waals surface area contributed by atoms with Gasteiger partial charge in [0.2, 0.25) is 5.91 Å². The summed E-state index contributed by atoms with van der Waals surface area (Å²) >= 11 is 4.13. The molecule has 0 bridgehead atoms. The molecular weight excluding hydrogens is 238 g/mol. The van der Waals surface area contributed by atoms with Gasteiger partial charge < -0.3 is 5.32 Å². The van der Waals surface area contributed by atoms with Crippen LogP contribution in [-0.4, -0.2) is 18.4 Å². The highest BCUT2D eigenvalue weighted by molar-refractivity contribution is 7.80. The van der Waals surface area contributed by atoms with Crippen LogP contribution >= 0.6 is 12.6 Å². The van der Waals surface area contributed by atoms with Crippen molar-refractivity contribution in [3.8, 4) is 0 Å². The normalized spacial score (nSPS) is 9.76. The molecule has 6 heteroatoms. The second-order valence-corrected chi connectivity index (χ2v) is 3.99. The Labute approximate surface area is 105 Å². The Kier molecular flexibility index (Phi) is 5.51. The zero-order chi connectivity index (χ0) is 12.7. The third-order valence-corrected chi connectivity index (χ3v) is 2.45. The van der Waals surface area contributed by atoms with Gasteiger partial charge in [0.1, 0.15) is 0 Å². The second-order valence-electron chi connectivity index (χ2n) is 3.47. The van der Waals surface area contributed by atoms with E-state index in [1.807, 2.05) is 5.43 Å². The predicted molar refractivity (Wildman–Crippen MR) is 67.6 cm³/mol. The zero-order valence-electron chi connectivity index (χ0n) is 9.27. The zero-order valence-corrected chi connectivity index (χ0v) is 10.2. The van der Waals surface area contributed by atoms with Crippen molar-refractivity contribution in [1.82, 2.24) is 10.7 Å². The number of carbonyl (C=O) groups is 2.